The van der Waals surface area contributed by atoms with Gasteiger partial charge in [-0.15, -0.1) is 0 Å². The maximum absolute atomic E-state index is 12.7. The van der Waals surface area contributed by atoms with Crippen LogP contribution in [-0.2, 0) is 25.5 Å². The fourth-order valence-electron chi connectivity index (χ4n) is 2.79. The second-order valence-corrected chi connectivity index (χ2v) is 7.22. The van der Waals surface area contributed by atoms with Crippen LogP contribution in [0.1, 0.15) is 42.4 Å². The van der Waals surface area contributed by atoms with Crippen LogP contribution in [0.5, 0.6) is 11.5 Å². The van der Waals surface area contributed by atoms with E-state index >= 15 is 0 Å². The van der Waals surface area contributed by atoms with Gasteiger partial charge in [-0.1, -0.05) is 29.8 Å². The molecule has 1 aromatic heterocycles. The molecule has 1 aromatic carbocycles. The first-order valence-corrected chi connectivity index (χ1v) is 10.1. The van der Waals surface area contributed by atoms with Gasteiger partial charge in [-0.3, -0.25) is 9.59 Å². The molecule has 0 radical (unpaired) electrons. The molecule has 2 aromatic rings. The van der Waals surface area contributed by atoms with Crippen molar-refractivity contribution in [3.63, 3.8) is 0 Å². The summed E-state index contributed by atoms with van der Waals surface area (Å²) in [5.74, 6) is -1.59. The minimum atomic E-state index is -0.933. The Hall–Kier alpha value is -3.62. The molecule has 2 rings (SSSR count). The third kappa shape index (κ3) is 7.26. The molecule has 0 bridgehead atoms. The molecule has 32 heavy (non-hydrogen) atoms. The highest BCUT2D eigenvalue weighted by molar-refractivity contribution is 5.98. The number of rotatable bonds is 10. The van der Waals surface area contributed by atoms with Gasteiger partial charge in [0.1, 0.15) is 12.1 Å². The van der Waals surface area contributed by atoms with Gasteiger partial charge in [0.05, 0.1) is 7.11 Å². The Balaban J connectivity index is 2.00. The highest BCUT2D eigenvalue weighted by Crippen LogP contribution is 2.29. The summed E-state index contributed by atoms with van der Waals surface area (Å²) in [5.41, 5.74) is 2.07. The van der Waals surface area contributed by atoms with E-state index in [2.05, 4.69) is 10.3 Å². The topological polar surface area (TPSA) is 113 Å². The number of pyridine rings is 1. The predicted molar refractivity (Wildman–Crippen MR) is 115 cm³/mol. The number of ether oxygens (including phenoxy) is 4. The zero-order valence-corrected chi connectivity index (χ0v) is 18.8. The Morgan fingerprint density at radius 3 is 2.41 bits per heavy atom. The van der Waals surface area contributed by atoms with Crippen molar-refractivity contribution in [3.8, 4) is 11.5 Å². The third-order valence-electron chi connectivity index (χ3n) is 4.43. The molecule has 0 fully saturated rings. The van der Waals surface area contributed by atoms with Crippen molar-refractivity contribution >= 4 is 17.8 Å². The summed E-state index contributed by atoms with van der Waals surface area (Å²) in [6.45, 7) is 6.10. The highest BCUT2D eigenvalue weighted by Gasteiger charge is 2.25. The van der Waals surface area contributed by atoms with E-state index in [9.17, 15) is 14.4 Å². The summed E-state index contributed by atoms with van der Waals surface area (Å²) in [6.07, 6.45) is 1.54. The molecule has 1 N–H and O–H groups in total. The number of hydrogen-bond acceptors (Lipinski definition) is 8. The molecule has 1 heterocycles. The molecular formula is C23H28N2O7. The van der Waals surface area contributed by atoms with Gasteiger partial charge >= 0.3 is 11.9 Å². The molecule has 172 valence electrons. The normalized spacial score (nSPS) is 12.3. The number of carbonyl (C=O) groups excluding carboxylic acids is 3. The van der Waals surface area contributed by atoms with Crippen molar-refractivity contribution in [2.45, 2.75) is 46.3 Å². The van der Waals surface area contributed by atoms with Gasteiger partial charge in [0.2, 0.25) is 6.79 Å². The molecule has 0 aliphatic rings. The fourth-order valence-corrected chi connectivity index (χ4v) is 2.79. The lowest BCUT2D eigenvalue weighted by Gasteiger charge is -2.19. The van der Waals surface area contributed by atoms with Crippen LogP contribution in [0.2, 0.25) is 0 Å². The fraction of sp³-hybridized carbons (Fsp3) is 0.391. The van der Waals surface area contributed by atoms with E-state index in [0.717, 1.165) is 11.1 Å². The number of benzene rings is 1. The molecule has 9 heteroatoms. The van der Waals surface area contributed by atoms with Gasteiger partial charge in [-0.25, -0.2) is 9.78 Å². The molecule has 0 aliphatic heterocycles. The molecule has 0 spiro atoms. The molecule has 9 nitrogen and oxygen atoms in total. The van der Waals surface area contributed by atoms with E-state index in [0.29, 0.717) is 6.42 Å². The van der Waals surface area contributed by atoms with Crippen LogP contribution in [0, 0.1) is 6.92 Å². The summed E-state index contributed by atoms with van der Waals surface area (Å²) >= 11 is 0. The number of aryl methyl sites for hydroxylation is 1. The first-order chi connectivity index (χ1) is 15.2. The van der Waals surface area contributed by atoms with Crippen LogP contribution in [0.15, 0.2) is 36.5 Å². The standard InChI is InChI=1S/C23H28N2O7/c1-14-6-8-18(9-7-14)12-15(2)32-23(28)16(3)25-22(27)20-21(31-13-30-17(4)26)19(29-5)10-11-24-20/h6-11,15-16H,12-13H2,1-5H3,(H,25,27)/t15?,16-/m0/s1. The van der Waals surface area contributed by atoms with Gasteiger partial charge in [0, 0.05) is 25.6 Å². The zero-order chi connectivity index (χ0) is 23.7. The monoisotopic (exact) mass is 444 g/mol. The molecule has 2 atom stereocenters. The van der Waals surface area contributed by atoms with Gasteiger partial charge < -0.3 is 24.3 Å². The smallest absolute Gasteiger partial charge is 0.328 e. The van der Waals surface area contributed by atoms with E-state index in [1.807, 2.05) is 31.2 Å². The van der Waals surface area contributed by atoms with Crippen LogP contribution in [-0.4, -0.2) is 48.9 Å². The number of nitrogens with zero attached hydrogens (tertiary/aromatic N) is 1. The van der Waals surface area contributed by atoms with Crippen molar-refractivity contribution < 1.29 is 33.3 Å². The summed E-state index contributed by atoms with van der Waals surface area (Å²) in [6, 6.07) is 8.51. The van der Waals surface area contributed by atoms with E-state index in [1.165, 1.54) is 33.2 Å². The highest BCUT2D eigenvalue weighted by atomic mass is 16.7. The predicted octanol–water partition coefficient (Wildman–Crippen LogP) is 2.59. The summed E-state index contributed by atoms with van der Waals surface area (Å²) in [7, 11) is 1.39. The lowest BCUT2D eigenvalue weighted by Crippen LogP contribution is -2.41. The Bertz CT molecular complexity index is 944. The summed E-state index contributed by atoms with van der Waals surface area (Å²) in [4.78, 5) is 40.2. The molecule has 1 amide bonds. The second kappa shape index (κ2) is 11.7. The summed E-state index contributed by atoms with van der Waals surface area (Å²) in [5, 5.41) is 2.54. The SMILES string of the molecule is COc1ccnc(C(=O)N[C@@H](C)C(=O)OC(C)Cc2ccc(C)cc2)c1OCOC(C)=O. The van der Waals surface area contributed by atoms with Gasteiger partial charge in [-0.2, -0.15) is 0 Å². The maximum atomic E-state index is 12.7. The van der Waals surface area contributed by atoms with Crippen LogP contribution in [0.25, 0.3) is 0 Å². The molecule has 0 saturated heterocycles. The minimum Gasteiger partial charge on any atom is -0.493 e. The number of methoxy groups -OCH3 is 1. The van der Waals surface area contributed by atoms with E-state index in [4.69, 9.17) is 18.9 Å². The van der Waals surface area contributed by atoms with Crippen molar-refractivity contribution in [2.24, 2.45) is 0 Å². The van der Waals surface area contributed by atoms with E-state index < -0.39 is 30.7 Å². The Morgan fingerprint density at radius 1 is 1.09 bits per heavy atom. The summed E-state index contributed by atoms with van der Waals surface area (Å²) < 4.78 is 20.8. The van der Waals surface area contributed by atoms with Gasteiger partial charge in [0.25, 0.3) is 5.91 Å². The van der Waals surface area contributed by atoms with Crippen molar-refractivity contribution in [2.75, 3.05) is 13.9 Å². The Labute approximate surface area is 187 Å². The Morgan fingerprint density at radius 2 is 1.78 bits per heavy atom. The number of esters is 2. The van der Waals surface area contributed by atoms with Crippen LogP contribution < -0.4 is 14.8 Å². The van der Waals surface area contributed by atoms with E-state index in [1.54, 1.807) is 6.92 Å². The number of amides is 1. The maximum Gasteiger partial charge on any atom is 0.328 e. The average Bonchev–Trinajstić information content (AvgIpc) is 2.74. The van der Waals surface area contributed by atoms with Crippen molar-refractivity contribution in [1.82, 2.24) is 10.3 Å². The third-order valence-corrected chi connectivity index (χ3v) is 4.43. The Kier molecular flexibility index (Phi) is 9.00. The largest absolute Gasteiger partial charge is 0.493 e. The van der Waals surface area contributed by atoms with E-state index in [-0.39, 0.29) is 23.3 Å². The number of aromatic nitrogens is 1. The number of carbonyl (C=O) groups is 3. The number of nitrogens with one attached hydrogen (secondary N) is 1. The molecule has 0 saturated carbocycles. The molecular weight excluding hydrogens is 416 g/mol. The average molecular weight is 444 g/mol. The zero-order valence-electron chi connectivity index (χ0n) is 18.8. The molecule has 0 aliphatic carbocycles. The van der Waals surface area contributed by atoms with Crippen LogP contribution >= 0.6 is 0 Å². The lowest BCUT2D eigenvalue weighted by atomic mass is 10.1. The second-order valence-electron chi connectivity index (χ2n) is 7.22. The van der Waals surface area contributed by atoms with Crippen molar-refractivity contribution in [1.29, 1.82) is 0 Å². The van der Waals surface area contributed by atoms with Gasteiger partial charge in [0.15, 0.2) is 17.2 Å². The first-order valence-electron chi connectivity index (χ1n) is 10.1. The first kappa shape index (κ1) is 24.6. The van der Waals surface area contributed by atoms with Gasteiger partial charge in [-0.05, 0) is 26.3 Å². The van der Waals surface area contributed by atoms with Crippen LogP contribution in [0.3, 0.4) is 0 Å². The van der Waals surface area contributed by atoms with Crippen molar-refractivity contribution in [3.05, 3.63) is 53.3 Å². The minimum absolute atomic E-state index is 0.0120. The van der Waals surface area contributed by atoms with Crippen LogP contribution in [0.4, 0.5) is 0 Å². The number of hydrogen-bond donors (Lipinski definition) is 1. The lowest BCUT2D eigenvalue weighted by molar-refractivity contribution is -0.150. The quantitative estimate of drug-likeness (QED) is 0.439. The molecule has 1 unspecified atom stereocenters.